The Kier molecular flexibility index (Phi) is 5.22. The summed E-state index contributed by atoms with van der Waals surface area (Å²) in [6.45, 7) is 8.56. The molecule has 0 amide bonds. The number of hydrogen-bond acceptors (Lipinski definition) is 5. The van der Waals surface area contributed by atoms with E-state index in [1.165, 1.54) is 32.4 Å². The molecular formula is C18H30N6O. The molecule has 2 saturated heterocycles. The second-order valence-corrected chi connectivity index (χ2v) is 7.56. The topological polar surface area (TPSA) is 60.1 Å². The highest BCUT2D eigenvalue weighted by molar-refractivity contribution is 5.80. The fourth-order valence-electron chi connectivity index (χ4n) is 4.03. The van der Waals surface area contributed by atoms with E-state index < -0.39 is 0 Å². The van der Waals surface area contributed by atoms with Crippen molar-refractivity contribution in [2.24, 2.45) is 10.9 Å². The summed E-state index contributed by atoms with van der Waals surface area (Å²) in [6.07, 6.45) is 5.80. The van der Waals surface area contributed by atoms with Crippen molar-refractivity contribution >= 4 is 5.96 Å². The molecule has 3 heterocycles. The van der Waals surface area contributed by atoms with Crippen molar-refractivity contribution in [2.45, 2.75) is 31.8 Å². The Morgan fingerprint density at radius 3 is 2.76 bits per heavy atom. The van der Waals surface area contributed by atoms with Gasteiger partial charge in [-0.15, -0.1) is 0 Å². The van der Waals surface area contributed by atoms with Crippen molar-refractivity contribution in [3.63, 3.8) is 0 Å². The molecule has 4 rings (SSSR count). The van der Waals surface area contributed by atoms with Crippen LogP contribution in [-0.2, 0) is 6.54 Å². The molecule has 3 aliphatic rings. The van der Waals surface area contributed by atoms with E-state index in [2.05, 4.69) is 30.2 Å². The van der Waals surface area contributed by atoms with Gasteiger partial charge in [-0.1, -0.05) is 5.16 Å². The van der Waals surface area contributed by atoms with Crippen LogP contribution in [0.4, 0.5) is 0 Å². The van der Waals surface area contributed by atoms with Gasteiger partial charge in [-0.2, -0.15) is 0 Å². The molecule has 25 heavy (non-hydrogen) atoms. The fourth-order valence-corrected chi connectivity index (χ4v) is 4.03. The van der Waals surface area contributed by atoms with Crippen molar-refractivity contribution in [3.8, 4) is 0 Å². The van der Waals surface area contributed by atoms with Crippen LogP contribution in [0.3, 0.4) is 0 Å². The Labute approximate surface area is 150 Å². The summed E-state index contributed by atoms with van der Waals surface area (Å²) in [7, 11) is 1.90. The fraction of sp³-hybridized carbons (Fsp3) is 0.778. The minimum absolute atomic E-state index is 0.769. The largest absolute Gasteiger partial charge is 0.364 e. The maximum atomic E-state index is 4.92. The Balaban J connectivity index is 1.19. The molecule has 1 unspecified atom stereocenters. The number of aliphatic imine (C=N–C) groups is 1. The highest BCUT2D eigenvalue weighted by Crippen LogP contribution is 2.31. The summed E-state index contributed by atoms with van der Waals surface area (Å²) in [6, 6.07) is 2.85. The lowest BCUT2D eigenvalue weighted by atomic mass is 10.1. The molecule has 1 atom stereocenters. The third-order valence-electron chi connectivity index (χ3n) is 5.69. The van der Waals surface area contributed by atoms with Crippen LogP contribution >= 0.6 is 0 Å². The number of aromatic nitrogens is 1. The first-order valence-corrected chi connectivity index (χ1v) is 9.63. The molecule has 0 aromatic carbocycles. The zero-order valence-electron chi connectivity index (χ0n) is 15.2. The maximum absolute atomic E-state index is 4.92. The number of likely N-dealkylation sites (tertiary alicyclic amines) is 1. The predicted molar refractivity (Wildman–Crippen MR) is 97.4 cm³/mol. The molecule has 1 aliphatic carbocycles. The van der Waals surface area contributed by atoms with Crippen LogP contribution in [-0.4, -0.2) is 84.7 Å². The van der Waals surface area contributed by atoms with Crippen LogP contribution in [0.25, 0.3) is 0 Å². The molecule has 3 fully saturated rings. The van der Waals surface area contributed by atoms with E-state index in [0.29, 0.717) is 0 Å². The average molecular weight is 346 g/mol. The standard InChI is InChI=1S/C18H30N6O/c1-19-18(20-12-15-4-6-24(13-15)17-2-3-17)23-9-7-22(8-10-23)14-16-5-11-25-21-16/h5,11,15,17H,2-4,6-10,12-14H2,1H3,(H,19,20). The van der Waals surface area contributed by atoms with Gasteiger partial charge in [0.2, 0.25) is 0 Å². The quantitative estimate of drug-likeness (QED) is 0.630. The van der Waals surface area contributed by atoms with Gasteiger partial charge in [0.1, 0.15) is 6.26 Å². The van der Waals surface area contributed by atoms with E-state index in [-0.39, 0.29) is 0 Å². The van der Waals surface area contributed by atoms with Crippen LogP contribution in [0.5, 0.6) is 0 Å². The average Bonchev–Trinajstić information content (AvgIpc) is 3.16. The number of hydrogen-bond donors (Lipinski definition) is 1. The maximum Gasteiger partial charge on any atom is 0.193 e. The minimum atomic E-state index is 0.769. The van der Waals surface area contributed by atoms with E-state index in [1.807, 2.05) is 13.1 Å². The lowest BCUT2D eigenvalue weighted by Gasteiger charge is -2.36. The lowest BCUT2D eigenvalue weighted by Crippen LogP contribution is -2.52. The summed E-state index contributed by atoms with van der Waals surface area (Å²) in [5.74, 6) is 1.83. The summed E-state index contributed by atoms with van der Waals surface area (Å²) in [4.78, 5) is 12.0. The van der Waals surface area contributed by atoms with E-state index in [1.54, 1.807) is 6.26 Å². The van der Waals surface area contributed by atoms with E-state index >= 15 is 0 Å². The summed E-state index contributed by atoms with van der Waals surface area (Å²) >= 11 is 0. The summed E-state index contributed by atoms with van der Waals surface area (Å²) < 4.78 is 4.92. The predicted octanol–water partition coefficient (Wildman–Crippen LogP) is 0.852. The van der Waals surface area contributed by atoms with E-state index in [9.17, 15) is 0 Å². The van der Waals surface area contributed by atoms with Gasteiger partial charge < -0.3 is 19.6 Å². The molecule has 0 radical (unpaired) electrons. The molecule has 1 N–H and O–H groups in total. The van der Waals surface area contributed by atoms with E-state index in [4.69, 9.17) is 4.52 Å². The molecule has 7 nitrogen and oxygen atoms in total. The highest BCUT2D eigenvalue weighted by Gasteiger charge is 2.34. The first-order chi connectivity index (χ1) is 12.3. The summed E-state index contributed by atoms with van der Waals surface area (Å²) in [5, 5.41) is 7.63. The van der Waals surface area contributed by atoms with Gasteiger partial charge in [-0.25, -0.2) is 0 Å². The van der Waals surface area contributed by atoms with Crippen LogP contribution < -0.4 is 5.32 Å². The van der Waals surface area contributed by atoms with Crippen LogP contribution in [0.2, 0.25) is 0 Å². The number of guanidine groups is 1. The monoisotopic (exact) mass is 346 g/mol. The van der Waals surface area contributed by atoms with Gasteiger partial charge >= 0.3 is 0 Å². The van der Waals surface area contributed by atoms with Crippen LogP contribution in [0.1, 0.15) is 25.0 Å². The Morgan fingerprint density at radius 1 is 1.24 bits per heavy atom. The lowest BCUT2D eigenvalue weighted by molar-refractivity contribution is 0.168. The van der Waals surface area contributed by atoms with Gasteiger partial charge in [-0.3, -0.25) is 9.89 Å². The Morgan fingerprint density at radius 2 is 2.08 bits per heavy atom. The molecule has 1 aromatic heterocycles. The molecule has 7 heteroatoms. The third-order valence-corrected chi connectivity index (χ3v) is 5.69. The van der Waals surface area contributed by atoms with Gasteiger partial charge in [-0.05, 0) is 31.7 Å². The number of rotatable bonds is 5. The normalized spacial score (nSPS) is 26.4. The van der Waals surface area contributed by atoms with Crippen LogP contribution in [0, 0.1) is 5.92 Å². The van der Waals surface area contributed by atoms with Crippen LogP contribution in [0.15, 0.2) is 21.8 Å². The first kappa shape index (κ1) is 16.8. The molecular weight excluding hydrogens is 316 g/mol. The minimum Gasteiger partial charge on any atom is -0.364 e. The second-order valence-electron chi connectivity index (χ2n) is 7.56. The third kappa shape index (κ3) is 4.33. The molecule has 0 bridgehead atoms. The zero-order chi connectivity index (χ0) is 17.1. The van der Waals surface area contributed by atoms with Gasteiger partial charge in [0, 0.05) is 65.0 Å². The smallest absolute Gasteiger partial charge is 0.193 e. The van der Waals surface area contributed by atoms with E-state index in [0.717, 1.165) is 62.9 Å². The SMILES string of the molecule is CN=C(NCC1CCN(C2CC2)C1)N1CCN(Cc2ccon2)CC1. The van der Waals surface area contributed by atoms with Crippen molar-refractivity contribution in [2.75, 3.05) is 52.9 Å². The zero-order valence-corrected chi connectivity index (χ0v) is 15.2. The second kappa shape index (κ2) is 7.74. The number of nitrogens with one attached hydrogen (secondary N) is 1. The molecule has 0 spiro atoms. The summed E-state index contributed by atoms with van der Waals surface area (Å²) in [5.41, 5.74) is 1.01. The Hall–Kier alpha value is -1.60. The van der Waals surface area contributed by atoms with Crippen molar-refractivity contribution < 1.29 is 4.52 Å². The van der Waals surface area contributed by atoms with Crippen molar-refractivity contribution in [1.29, 1.82) is 0 Å². The highest BCUT2D eigenvalue weighted by atomic mass is 16.5. The van der Waals surface area contributed by atoms with Gasteiger partial charge in [0.05, 0.1) is 5.69 Å². The van der Waals surface area contributed by atoms with Gasteiger partial charge in [0.25, 0.3) is 0 Å². The Bertz CT molecular complexity index is 562. The van der Waals surface area contributed by atoms with Gasteiger partial charge in [0.15, 0.2) is 5.96 Å². The number of nitrogens with zero attached hydrogens (tertiary/aromatic N) is 5. The first-order valence-electron chi connectivity index (χ1n) is 9.63. The molecule has 2 aliphatic heterocycles. The van der Waals surface area contributed by atoms with Crippen molar-refractivity contribution in [3.05, 3.63) is 18.0 Å². The molecule has 1 aromatic rings. The molecule has 1 saturated carbocycles. The molecule has 138 valence electrons. The van der Waals surface area contributed by atoms with Crippen molar-refractivity contribution in [1.82, 2.24) is 25.2 Å². The number of piperazine rings is 1.